The Morgan fingerprint density at radius 1 is 1.07 bits per heavy atom. The molecule has 0 aliphatic carbocycles. The Morgan fingerprint density at radius 3 is 2.29 bits per heavy atom. The number of aliphatic hydroxyl groups is 5. The predicted octanol–water partition coefficient (Wildman–Crippen LogP) is -1.78. The zero-order chi connectivity index (χ0) is 21.0. The van der Waals surface area contributed by atoms with Crippen LogP contribution in [0, 0.1) is 0 Å². The van der Waals surface area contributed by atoms with E-state index in [1.807, 2.05) is 0 Å². The summed E-state index contributed by atoms with van der Waals surface area (Å²) in [7, 11) is 0. The molecule has 5 atom stereocenters. The van der Waals surface area contributed by atoms with Gasteiger partial charge in [-0.15, -0.1) is 0 Å². The van der Waals surface area contributed by atoms with Crippen LogP contribution in [0.5, 0.6) is 0 Å². The van der Waals surface area contributed by atoms with E-state index in [0.717, 1.165) is 6.92 Å². The Kier molecular flexibility index (Phi) is 7.21. The zero-order valence-electron chi connectivity index (χ0n) is 15.3. The van der Waals surface area contributed by atoms with Crippen LogP contribution in [0.15, 0.2) is 23.0 Å². The maximum Gasteiger partial charge on any atom is 0.221 e. The molecule has 158 valence electrons. The van der Waals surface area contributed by atoms with Crippen molar-refractivity contribution < 1.29 is 49.3 Å². The second-order valence-corrected chi connectivity index (χ2v) is 6.26. The van der Waals surface area contributed by atoms with Crippen molar-refractivity contribution in [1.29, 1.82) is 0 Å². The van der Waals surface area contributed by atoms with Crippen LogP contribution < -0.4 is 10.6 Å². The van der Waals surface area contributed by atoms with E-state index in [2.05, 4.69) is 10.6 Å². The minimum Gasteiger partial charge on any atom is -0.508 e. The Hall–Kier alpha value is -2.38. The van der Waals surface area contributed by atoms with Crippen molar-refractivity contribution >= 4 is 11.8 Å². The van der Waals surface area contributed by atoms with E-state index >= 15 is 0 Å². The molecule has 2 aliphatic heterocycles. The van der Waals surface area contributed by atoms with Crippen molar-refractivity contribution in [3.63, 3.8) is 0 Å². The van der Waals surface area contributed by atoms with Crippen molar-refractivity contribution in [3.05, 3.63) is 23.0 Å². The van der Waals surface area contributed by atoms with Gasteiger partial charge in [-0.25, -0.2) is 0 Å². The molecule has 0 aromatic rings. The molecule has 7 N–H and O–H groups in total. The van der Waals surface area contributed by atoms with Gasteiger partial charge in [-0.3, -0.25) is 9.59 Å². The number of carbonyl (C=O) groups is 2. The number of hydrogen-bond acceptors (Lipinski definition) is 10. The molecular formula is C16H24N2O10. The van der Waals surface area contributed by atoms with Gasteiger partial charge in [0.25, 0.3) is 0 Å². The van der Waals surface area contributed by atoms with E-state index < -0.39 is 72.9 Å². The van der Waals surface area contributed by atoms with Crippen LogP contribution in [0.2, 0.25) is 0 Å². The van der Waals surface area contributed by atoms with Crippen LogP contribution in [-0.4, -0.2) is 87.8 Å². The first kappa shape index (κ1) is 21.9. The monoisotopic (exact) mass is 404 g/mol. The second-order valence-electron chi connectivity index (χ2n) is 6.26. The van der Waals surface area contributed by atoms with Crippen molar-refractivity contribution in [2.45, 2.75) is 44.5 Å². The van der Waals surface area contributed by atoms with Gasteiger partial charge in [0.05, 0.1) is 25.5 Å². The van der Waals surface area contributed by atoms with Crippen molar-refractivity contribution in [2.75, 3.05) is 19.8 Å². The van der Waals surface area contributed by atoms with Crippen LogP contribution >= 0.6 is 0 Å². The molecule has 0 fully saturated rings. The lowest BCUT2D eigenvalue weighted by atomic mass is 10.1. The first-order chi connectivity index (χ1) is 13.2. The number of rotatable bonds is 6. The fourth-order valence-corrected chi connectivity index (χ4v) is 2.81. The summed E-state index contributed by atoms with van der Waals surface area (Å²) in [4.78, 5) is 22.7. The summed E-state index contributed by atoms with van der Waals surface area (Å²) < 4.78 is 16.4. The number of nitrogens with one attached hydrogen (secondary N) is 2. The van der Waals surface area contributed by atoms with E-state index in [0.29, 0.717) is 0 Å². The van der Waals surface area contributed by atoms with Gasteiger partial charge in [0.2, 0.25) is 11.8 Å². The summed E-state index contributed by atoms with van der Waals surface area (Å²) in [6, 6.07) is -1.36. The first-order valence-corrected chi connectivity index (χ1v) is 8.42. The molecule has 28 heavy (non-hydrogen) atoms. The second kappa shape index (κ2) is 9.21. The van der Waals surface area contributed by atoms with Crippen LogP contribution in [0.25, 0.3) is 0 Å². The Balaban J connectivity index is 2.34. The number of ether oxygens (including phenoxy) is 3. The summed E-state index contributed by atoms with van der Waals surface area (Å²) in [5.41, 5.74) is 0.00964. The Labute approximate surface area is 160 Å². The van der Waals surface area contributed by atoms with Crippen molar-refractivity contribution in [1.82, 2.24) is 10.6 Å². The minimum atomic E-state index is -1.47. The molecule has 0 aromatic heterocycles. The third-order valence-electron chi connectivity index (χ3n) is 4.10. The molecule has 0 radical (unpaired) electrons. The molecule has 0 saturated carbocycles. The summed E-state index contributed by atoms with van der Waals surface area (Å²) in [5.74, 6) is -2.86. The van der Waals surface area contributed by atoms with Crippen molar-refractivity contribution in [3.8, 4) is 0 Å². The molecule has 12 nitrogen and oxygen atoms in total. The maximum atomic E-state index is 11.5. The lowest BCUT2D eigenvalue weighted by Crippen LogP contribution is -2.55. The molecule has 2 aliphatic rings. The van der Waals surface area contributed by atoms with Gasteiger partial charge in [0, 0.05) is 13.8 Å². The highest BCUT2D eigenvalue weighted by molar-refractivity contribution is 5.75. The molecule has 0 aromatic carbocycles. The molecule has 12 heteroatoms. The smallest absolute Gasteiger partial charge is 0.221 e. The van der Waals surface area contributed by atoms with E-state index in [1.165, 1.54) is 6.92 Å². The van der Waals surface area contributed by atoms with Gasteiger partial charge < -0.3 is 50.4 Å². The van der Waals surface area contributed by atoms with Gasteiger partial charge in [-0.05, 0) is 0 Å². The third-order valence-corrected chi connectivity index (χ3v) is 4.10. The fourth-order valence-electron chi connectivity index (χ4n) is 2.81. The van der Waals surface area contributed by atoms with E-state index in [1.54, 1.807) is 0 Å². The van der Waals surface area contributed by atoms with Crippen LogP contribution in [0.3, 0.4) is 0 Å². The minimum absolute atomic E-state index is 0.00964. The Bertz CT molecular complexity index is 676. The van der Waals surface area contributed by atoms with E-state index in [9.17, 15) is 35.1 Å². The number of aliphatic hydroxyl groups excluding tert-OH is 5. The quantitative estimate of drug-likeness (QED) is 0.267. The fraction of sp³-hybridized carbons (Fsp3) is 0.625. The highest BCUT2D eigenvalue weighted by Crippen LogP contribution is 2.29. The molecular weight excluding hydrogens is 380 g/mol. The maximum absolute atomic E-state index is 11.5. The number of carbonyl (C=O) groups excluding carboxylic acids is 2. The SMILES string of the molecule is CC(=O)NC1=C(O)[C@H](O[C@@H]2O[C@H](CO)C(O)=C(O)[C@H]2NC(C)=O)[C@@H](CO)OC1. The lowest BCUT2D eigenvalue weighted by molar-refractivity contribution is -0.241. The molecule has 2 heterocycles. The van der Waals surface area contributed by atoms with Gasteiger partial charge in [-0.1, -0.05) is 0 Å². The van der Waals surface area contributed by atoms with Crippen LogP contribution in [-0.2, 0) is 23.8 Å². The van der Waals surface area contributed by atoms with E-state index in [-0.39, 0.29) is 12.3 Å². The van der Waals surface area contributed by atoms with Gasteiger partial charge in [0.1, 0.15) is 30.1 Å². The highest BCUT2D eigenvalue weighted by atomic mass is 16.7. The normalized spacial score (nSPS) is 30.9. The zero-order valence-corrected chi connectivity index (χ0v) is 15.3. The van der Waals surface area contributed by atoms with Crippen LogP contribution in [0.1, 0.15) is 13.8 Å². The third kappa shape index (κ3) is 4.72. The molecule has 2 amide bonds. The van der Waals surface area contributed by atoms with Gasteiger partial charge in [-0.2, -0.15) is 0 Å². The molecule has 0 saturated heterocycles. The molecule has 2 rings (SSSR count). The van der Waals surface area contributed by atoms with Crippen LogP contribution in [0.4, 0.5) is 0 Å². The summed E-state index contributed by atoms with van der Waals surface area (Å²) >= 11 is 0. The first-order valence-electron chi connectivity index (χ1n) is 8.42. The average molecular weight is 404 g/mol. The Morgan fingerprint density at radius 2 is 1.75 bits per heavy atom. The summed E-state index contributed by atoms with van der Waals surface area (Å²) in [6.07, 6.45) is -5.20. The number of hydrogen-bond donors (Lipinski definition) is 7. The van der Waals surface area contributed by atoms with Crippen molar-refractivity contribution in [2.24, 2.45) is 0 Å². The topological polar surface area (TPSA) is 187 Å². The molecule has 0 spiro atoms. The highest BCUT2D eigenvalue weighted by Gasteiger charge is 2.44. The average Bonchev–Trinajstić information content (AvgIpc) is 2.63. The van der Waals surface area contributed by atoms with E-state index in [4.69, 9.17) is 14.2 Å². The summed E-state index contributed by atoms with van der Waals surface area (Å²) in [6.45, 7) is 0.930. The van der Waals surface area contributed by atoms with Gasteiger partial charge >= 0.3 is 0 Å². The standard InChI is InChI=1S/C16H24N2O10/c1-6(21)17-8-5-26-10(4-20)15(12(8)23)28-16-11(18-7(2)22)14(25)13(24)9(3-19)27-16/h9-11,15-16,19-20,23-25H,3-5H2,1-2H3,(H,17,21)(H,18,22)/t9-,10-,11-,15-,16+/m1/s1. The molecule has 0 unspecified atom stereocenters. The predicted molar refractivity (Wildman–Crippen MR) is 90.8 cm³/mol. The molecule has 0 bridgehead atoms. The largest absolute Gasteiger partial charge is 0.508 e. The van der Waals surface area contributed by atoms with Gasteiger partial charge in [0.15, 0.2) is 17.8 Å². The lowest BCUT2D eigenvalue weighted by Gasteiger charge is -2.39. The summed E-state index contributed by atoms with van der Waals surface area (Å²) in [5, 5.41) is 54.1. The number of amides is 2.